The highest BCUT2D eigenvalue weighted by atomic mass is 32.2. The standard InChI is InChI=1S/C23H23F3N4O3S/c1-3-30(4-2)22(32)15-8-10-18(11-9-15)27-19(31)13-34-14-20-28-21(29-33-20)16-6-5-7-17(12-16)23(24,25)26/h5-12H,3-4,13-14H2,1-2H3,(H,27,31). The van der Waals surface area contributed by atoms with Crippen molar-refractivity contribution in [1.82, 2.24) is 15.0 Å². The quantitative estimate of drug-likeness (QED) is 0.447. The van der Waals surface area contributed by atoms with Crippen molar-refractivity contribution >= 4 is 29.3 Å². The van der Waals surface area contributed by atoms with E-state index < -0.39 is 11.7 Å². The number of hydrogen-bond donors (Lipinski definition) is 1. The minimum Gasteiger partial charge on any atom is -0.339 e. The average Bonchev–Trinajstić information content (AvgIpc) is 3.29. The molecule has 0 atom stereocenters. The minimum absolute atomic E-state index is 0.0468. The van der Waals surface area contributed by atoms with E-state index >= 15 is 0 Å². The highest BCUT2D eigenvalue weighted by molar-refractivity contribution is 7.99. The van der Waals surface area contributed by atoms with Gasteiger partial charge in [-0.3, -0.25) is 9.59 Å². The summed E-state index contributed by atoms with van der Waals surface area (Å²) in [5.41, 5.74) is 0.499. The van der Waals surface area contributed by atoms with Crippen LogP contribution in [-0.2, 0) is 16.7 Å². The van der Waals surface area contributed by atoms with Crippen molar-refractivity contribution in [3.8, 4) is 11.4 Å². The van der Waals surface area contributed by atoms with Crippen LogP contribution in [0.3, 0.4) is 0 Å². The Kier molecular flexibility index (Phi) is 8.32. The lowest BCUT2D eigenvalue weighted by molar-refractivity contribution is -0.137. The molecule has 1 heterocycles. The molecule has 0 aliphatic rings. The van der Waals surface area contributed by atoms with E-state index in [1.807, 2.05) is 13.8 Å². The van der Waals surface area contributed by atoms with Crippen molar-refractivity contribution in [3.05, 3.63) is 65.5 Å². The molecular weight excluding hydrogens is 469 g/mol. The second kappa shape index (κ2) is 11.2. The molecule has 0 radical (unpaired) electrons. The van der Waals surface area contributed by atoms with Crippen molar-refractivity contribution in [2.75, 3.05) is 24.2 Å². The Balaban J connectivity index is 1.50. The SMILES string of the molecule is CCN(CC)C(=O)c1ccc(NC(=O)CSCc2nc(-c3cccc(C(F)(F)F)c3)no2)cc1. The van der Waals surface area contributed by atoms with E-state index in [2.05, 4.69) is 15.5 Å². The van der Waals surface area contributed by atoms with Gasteiger partial charge in [0.1, 0.15) is 0 Å². The Morgan fingerprint density at radius 3 is 2.44 bits per heavy atom. The number of alkyl halides is 3. The van der Waals surface area contributed by atoms with Crippen LogP contribution in [0.5, 0.6) is 0 Å². The Morgan fingerprint density at radius 1 is 1.09 bits per heavy atom. The molecule has 0 fully saturated rings. The molecule has 0 saturated carbocycles. The summed E-state index contributed by atoms with van der Waals surface area (Å²) in [7, 11) is 0. The number of amides is 2. The lowest BCUT2D eigenvalue weighted by Crippen LogP contribution is -2.30. The van der Waals surface area contributed by atoms with Crippen LogP contribution >= 0.6 is 11.8 Å². The second-order valence-corrected chi connectivity index (χ2v) is 8.17. The topological polar surface area (TPSA) is 88.3 Å². The van der Waals surface area contributed by atoms with Gasteiger partial charge in [0.25, 0.3) is 5.91 Å². The van der Waals surface area contributed by atoms with Gasteiger partial charge in [0.05, 0.1) is 17.1 Å². The molecule has 0 unspecified atom stereocenters. The second-order valence-electron chi connectivity index (χ2n) is 7.19. The Bertz CT molecular complexity index is 1130. The first-order valence-electron chi connectivity index (χ1n) is 10.5. The maximum Gasteiger partial charge on any atom is 0.416 e. The molecule has 0 aliphatic carbocycles. The first-order chi connectivity index (χ1) is 16.2. The van der Waals surface area contributed by atoms with Gasteiger partial charge < -0.3 is 14.7 Å². The van der Waals surface area contributed by atoms with Gasteiger partial charge in [0.2, 0.25) is 17.6 Å². The zero-order chi connectivity index (χ0) is 24.7. The zero-order valence-electron chi connectivity index (χ0n) is 18.6. The fraction of sp³-hybridized carbons (Fsp3) is 0.304. The van der Waals surface area contributed by atoms with E-state index in [1.165, 1.54) is 23.9 Å². The van der Waals surface area contributed by atoms with Crippen molar-refractivity contribution in [2.45, 2.75) is 25.8 Å². The lowest BCUT2D eigenvalue weighted by atomic mass is 10.1. The zero-order valence-corrected chi connectivity index (χ0v) is 19.4. The normalized spacial score (nSPS) is 11.3. The number of carbonyl (C=O) groups is 2. The van der Waals surface area contributed by atoms with Crippen molar-refractivity contribution in [1.29, 1.82) is 0 Å². The van der Waals surface area contributed by atoms with Gasteiger partial charge in [-0.25, -0.2) is 0 Å². The van der Waals surface area contributed by atoms with E-state index in [0.29, 0.717) is 24.3 Å². The molecule has 1 N–H and O–H groups in total. The molecule has 7 nitrogen and oxygen atoms in total. The molecule has 2 aromatic carbocycles. The number of thioether (sulfide) groups is 1. The van der Waals surface area contributed by atoms with Crippen LogP contribution in [0.15, 0.2) is 53.1 Å². The summed E-state index contributed by atoms with van der Waals surface area (Å²) in [4.78, 5) is 30.3. The number of carbonyl (C=O) groups excluding carboxylic acids is 2. The minimum atomic E-state index is -4.47. The summed E-state index contributed by atoms with van der Waals surface area (Å²) in [5, 5.41) is 6.47. The molecule has 3 rings (SSSR count). The summed E-state index contributed by atoms with van der Waals surface area (Å²) in [5.74, 6) is 0.237. The van der Waals surface area contributed by atoms with E-state index in [4.69, 9.17) is 4.52 Å². The van der Waals surface area contributed by atoms with Crippen LogP contribution in [0.1, 0.15) is 35.7 Å². The van der Waals surface area contributed by atoms with E-state index in [1.54, 1.807) is 29.2 Å². The molecule has 0 aliphatic heterocycles. The maximum absolute atomic E-state index is 12.9. The number of hydrogen-bond acceptors (Lipinski definition) is 6. The van der Waals surface area contributed by atoms with E-state index in [0.717, 1.165) is 12.1 Å². The molecule has 0 spiro atoms. The number of benzene rings is 2. The lowest BCUT2D eigenvalue weighted by Gasteiger charge is -2.18. The highest BCUT2D eigenvalue weighted by Crippen LogP contribution is 2.31. The fourth-order valence-electron chi connectivity index (χ4n) is 3.08. The third kappa shape index (κ3) is 6.60. The molecule has 0 bridgehead atoms. The molecule has 3 aromatic rings. The predicted octanol–water partition coefficient (Wildman–Crippen LogP) is 5.11. The largest absolute Gasteiger partial charge is 0.416 e. The summed E-state index contributed by atoms with van der Waals surface area (Å²) in [6.07, 6.45) is -4.47. The Hall–Kier alpha value is -3.34. The van der Waals surface area contributed by atoms with Gasteiger partial charge in [-0.2, -0.15) is 18.2 Å². The van der Waals surface area contributed by atoms with Crippen LogP contribution < -0.4 is 5.32 Å². The van der Waals surface area contributed by atoms with Crippen molar-refractivity contribution in [2.24, 2.45) is 0 Å². The number of aromatic nitrogens is 2. The van der Waals surface area contributed by atoms with Crippen LogP contribution in [0.25, 0.3) is 11.4 Å². The van der Waals surface area contributed by atoms with Gasteiger partial charge in [-0.1, -0.05) is 17.3 Å². The van der Waals surface area contributed by atoms with E-state index in [9.17, 15) is 22.8 Å². The summed E-state index contributed by atoms with van der Waals surface area (Å²) >= 11 is 1.22. The monoisotopic (exact) mass is 492 g/mol. The van der Waals surface area contributed by atoms with Gasteiger partial charge >= 0.3 is 6.18 Å². The number of nitrogens with one attached hydrogen (secondary N) is 1. The highest BCUT2D eigenvalue weighted by Gasteiger charge is 2.30. The number of nitrogens with zero attached hydrogens (tertiary/aromatic N) is 3. The van der Waals surface area contributed by atoms with Crippen molar-refractivity contribution in [3.63, 3.8) is 0 Å². The molecule has 34 heavy (non-hydrogen) atoms. The molecule has 1 aromatic heterocycles. The van der Waals surface area contributed by atoms with Crippen LogP contribution in [0.4, 0.5) is 18.9 Å². The molecule has 0 saturated heterocycles. The molecular formula is C23H23F3N4O3S. The summed E-state index contributed by atoms with van der Waals surface area (Å²) < 4.78 is 43.7. The predicted molar refractivity (Wildman–Crippen MR) is 123 cm³/mol. The molecule has 180 valence electrons. The third-order valence-electron chi connectivity index (χ3n) is 4.84. The first kappa shape index (κ1) is 25.3. The Labute approximate surface area is 198 Å². The van der Waals surface area contributed by atoms with Gasteiger partial charge in [-0.05, 0) is 50.2 Å². The molecule has 11 heteroatoms. The summed E-state index contributed by atoms with van der Waals surface area (Å²) in [6.45, 7) is 5.06. The molecule has 2 amide bonds. The number of halogens is 3. The van der Waals surface area contributed by atoms with Gasteiger partial charge in [0, 0.05) is 29.9 Å². The first-order valence-corrected chi connectivity index (χ1v) is 11.6. The van der Waals surface area contributed by atoms with Gasteiger partial charge in [0.15, 0.2) is 0 Å². The number of rotatable bonds is 9. The van der Waals surface area contributed by atoms with Crippen LogP contribution in [0, 0.1) is 0 Å². The van der Waals surface area contributed by atoms with Gasteiger partial charge in [-0.15, -0.1) is 11.8 Å². The third-order valence-corrected chi connectivity index (χ3v) is 5.76. The number of anilines is 1. The fourth-order valence-corrected chi connectivity index (χ4v) is 3.73. The average molecular weight is 493 g/mol. The van der Waals surface area contributed by atoms with Crippen molar-refractivity contribution < 1.29 is 27.3 Å². The van der Waals surface area contributed by atoms with E-state index in [-0.39, 0.29) is 40.6 Å². The maximum atomic E-state index is 12.9. The smallest absolute Gasteiger partial charge is 0.339 e. The van der Waals surface area contributed by atoms with Crippen LogP contribution in [-0.4, -0.2) is 45.7 Å². The Morgan fingerprint density at radius 2 is 1.79 bits per heavy atom. The van der Waals surface area contributed by atoms with Crippen LogP contribution in [0.2, 0.25) is 0 Å². The summed E-state index contributed by atoms with van der Waals surface area (Å²) in [6, 6.07) is 11.3.